The molecule has 0 spiro atoms. The van der Waals surface area contributed by atoms with E-state index in [0.717, 1.165) is 48.9 Å². The quantitative estimate of drug-likeness (QED) is 0.903. The molecule has 1 atom stereocenters. The predicted octanol–water partition coefficient (Wildman–Crippen LogP) is 3.44. The van der Waals surface area contributed by atoms with Crippen LogP contribution in [0.2, 0.25) is 0 Å². The van der Waals surface area contributed by atoms with Crippen molar-refractivity contribution in [3.8, 4) is 5.75 Å². The zero-order valence-electron chi connectivity index (χ0n) is 10.3. The molecule has 0 amide bonds. The highest BCUT2D eigenvalue weighted by molar-refractivity contribution is 9.10. The van der Waals surface area contributed by atoms with Crippen LogP contribution in [0.25, 0.3) is 0 Å². The second-order valence-corrected chi connectivity index (χ2v) is 5.63. The molecule has 0 aromatic heterocycles. The third kappa shape index (κ3) is 3.23. The monoisotopic (exact) mass is 297 g/mol. The molecule has 1 aliphatic rings. The predicted molar refractivity (Wildman–Crippen MR) is 74.5 cm³/mol. The lowest BCUT2D eigenvalue weighted by atomic mass is 10.0. The van der Waals surface area contributed by atoms with E-state index in [1.807, 2.05) is 0 Å². The Hall–Kier alpha value is -0.540. The molecule has 1 unspecified atom stereocenters. The lowest BCUT2D eigenvalue weighted by Crippen LogP contribution is -2.18. The standard InChI is InChI=1S/C14H20BrNO/c1-2-13(16)5-3-4-10-8-12(15)9-11-6-7-17-14(10)11/h8-9,13H,2-7,16H2,1H3. The summed E-state index contributed by atoms with van der Waals surface area (Å²) in [6.45, 7) is 2.97. The van der Waals surface area contributed by atoms with E-state index in [4.69, 9.17) is 10.5 Å². The van der Waals surface area contributed by atoms with Crippen LogP contribution in [0, 0.1) is 0 Å². The summed E-state index contributed by atoms with van der Waals surface area (Å²) in [7, 11) is 0. The number of ether oxygens (including phenoxy) is 1. The fraction of sp³-hybridized carbons (Fsp3) is 0.571. The van der Waals surface area contributed by atoms with Crippen LogP contribution in [0.5, 0.6) is 5.75 Å². The second kappa shape index (κ2) is 5.87. The van der Waals surface area contributed by atoms with E-state index >= 15 is 0 Å². The fourth-order valence-electron chi connectivity index (χ4n) is 2.29. The molecule has 2 N–H and O–H groups in total. The van der Waals surface area contributed by atoms with E-state index in [-0.39, 0.29) is 0 Å². The van der Waals surface area contributed by atoms with E-state index in [1.165, 1.54) is 11.1 Å². The molecule has 3 heteroatoms. The van der Waals surface area contributed by atoms with Crippen LogP contribution in [0.1, 0.15) is 37.3 Å². The molecule has 1 aliphatic heterocycles. The highest BCUT2D eigenvalue weighted by Crippen LogP contribution is 2.33. The van der Waals surface area contributed by atoms with E-state index in [1.54, 1.807) is 0 Å². The first-order chi connectivity index (χ1) is 8.20. The van der Waals surface area contributed by atoms with Gasteiger partial charge in [-0.2, -0.15) is 0 Å². The average Bonchev–Trinajstić information content (AvgIpc) is 2.76. The van der Waals surface area contributed by atoms with Crippen molar-refractivity contribution < 1.29 is 4.74 Å². The number of fused-ring (bicyclic) bond motifs is 1. The minimum Gasteiger partial charge on any atom is -0.493 e. The maximum atomic E-state index is 5.94. The van der Waals surface area contributed by atoms with Gasteiger partial charge in [0.2, 0.25) is 0 Å². The van der Waals surface area contributed by atoms with Crippen LogP contribution in [0.4, 0.5) is 0 Å². The first-order valence-corrected chi connectivity index (χ1v) is 7.19. The van der Waals surface area contributed by atoms with Gasteiger partial charge in [-0.3, -0.25) is 0 Å². The summed E-state index contributed by atoms with van der Waals surface area (Å²) >= 11 is 3.57. The van der Waals surface area contributed by atoms with Crippen molar-refractivity contribution in [2.75, 3.05) is 6.61 Å². The Bertz CT molecular complexity index is 392. The van der Waals surface area contributed by atoms with E-state index < -0.39 is 0 Å². The van der Waals surface area contributed by atoms with Gasteiger partial charge in [-0.05, 0) is 48.9 Å². The summed E-state index contributed by atoms with van der Waals surface area (Å²) in [5.41, 5.74) is 8.61. The molecule has 0 fully saturated rings. The minimum atomic E-state index is 0.344. The Balaban J connectivity index is 2.01. The molecular formula is C14H20BrNO. The molecule has 1 aromatic carbocycles. The summed E-state index contributed by atoms with van der Waals surface area (Å²) in [4.78, 5) is 0. The van der Waals surface area contributed by atoms with Gasteiger partial charge >= 0.3 is 0 Å². The van der Waals surface area contributed by atoms with E-state index in [2.05, 4.69) is 35.0 Å². The molecule has 0 radical (unpaired) electrons. The molecule has 2 nitrogen and oxygen atoms in total. The lowest BCUT2D eigenvalue weighted by Gasteiger charge is -2.11. The number of benzene rings is 1. The maximum Gasteiger partial charge on any atom is 0.125 e. The maximum absolute atomic E-state index is 5.94. The van der Waals surface area contributed by atoms with Crippen LogP contribution < -0.4 is 10.5 Å². The zero-order valence-corrected chi connectivity index (χ0v) is 11.9. The number of nitrogens with two attached hydrogens (primary N) is 1. The Morgan fingerprint density at radius 3 is 3.06 bits per heavy atom. The topological polar surface area (TPSA) is 35.2 Å². The molecule has 1 aromatic rings. The normalized spacial score (nSPS) is 15.5. The van der Waals surface area contributed by atoms with Gasteiger partial charge in [0.1, 0.15) is 5.75 Å². The van der Waals surface area contributed by atoms with Gasteiger partial charge in [-0.15, -0.1) is 0 Å². The van der Waals surface area contributed by atoms with E-state index in [9.17, 15) is 0 Å². The van der Waals surface area contributed by atoms with Gasteiger partial charge < -0.3 is 10.5 Å². The van der Waals surface area contributed by atoms with Gasteiger partial charge in [0, 0.05) is 16.9 Å². The molecule has 0 saturated heterocycles. The zero-order chi connectivity index (χ0) is 12.3. The van der Waals surface area contributed by atoms with Gasteiger partial charge in [-0.1, -0.05) is 22.9 Å². The smallest absolute Gasteiger partial charge is 0.125 e. The third-order valence-corrected chi connectivity index (χ3v) is 3.83. The van der Waals surface area contributed by atoms with Crippen LogP contribution in [0.15, 0.2) is 16.6 Å². The third-order valence-electron chi connectivity index (χ3n) is 3.37. The molecule has 0 bridgehead atoms. The minimum absolute atomic E-state index is 0.344. The van der Waals surface area contributed by atoms with E-state index in [0.29, 0.717) is 6.04 Å². The van der Waals surface area contributed by atoms with Crippen molar-refractivity contribution in [2.24, 2.45) is 5.73 Å². The Morgan fingerprint density at radius 2 is 2.29 bits per heavy atom. The van der Waals surface area contributed by atoms with Gasteiger partial charge in [-0.25, -0.2) is 0 Å². The van der Waals surface area contributed by atoms with Crippen molar-refractivity contribution in [1.29, 1.82) is 0 Å². The van der Waals surface area contributed by atoms with Crippen LogP contribution >= 0.6 is 15.9 Å². The van der Waals surface area contributed by atoms with Crippen molar-refractivity contribution in [1.82, 2.24) is 0 Å². The number of aryl methyl sites for hydroxylation is 1. The number of halogens is 1. The van der Waals surface area contributed by atoms with Crippen molar-refractivity contribution in [3.05, 3.63) is 27.7 Å². The Morgan fingerprint density at radius 1 is 1.47 bits per heavy atom. The molecule has 1 heterocycles. The second-order valence-electron chi connectivity index (χ2n) is 4.71. The summed E-state index contributed by atoms with van der Waals surface area (Å²) in [6.07, 6.45) is 5.40. The summed E-state index contributed by atoms with van der Waals surface area (Å²) in [6, 6.07) is 4.70. The van der Waals surface area contributed by atoms with Crippen molar-refractivity contribution >= 4 is 15.9 Å². The summed E-state index contributed by atoms with van der Waals surface area (Å²) < 4.78 is 6.88. The first-order valence-electron chi connectivity index (χ1n) is 6.40. The SMILES string of the molecule is CCC(N)CCCc1cc(Br)cc2c1OCC2. The van der Waals surface area contributed by atoms with Gasteiger partial charge in [0.25, 0.3) is 0 Å². The van der Waals surface area contributed by atoms with Crippen LogP contribution in [-0.2, 0) is 12.8 Å². The first kappa shape index (κ1) is 12.9. The molecule has 0 saturated carbocycles. The van der Waals surface area contributed by atoms with Crippen molar-refractivity contribution in [3.63, 3.8) is 0 Å². The van der Waals surface area contributed by atoms with Crippen LogP contribution in [-0.4, -0.2) is 12.6 Å². The number of rotatable bonds is 5. The number of hydrogen-bond donors (Lipinski definition) is 1. The summed E-state index contributed by atoms with van der Waals surface area (Å²) in [5, 5.41) is 0. The largest absolute Gasteiger partial charge is 0.493 e. The molecular weight excluding hydrogens is 278 g/mol. The lowest BCUT2D eigenvalue weighted by molar-refractivity contribution is 0.353. The van der Waals surface area contributed by atoms with Gasteiger partial charge in [0.05, 0.1) is 6.61 Å². The Kier molecular flexibility index (Phi) is 4.46. The molecule has 0 aliphatic carbocycles. The molecule has 94 valence electrons. The Labute approximate surface area is 112 Å². The van der Waals surface area contributed by atoms with Gasteiger partial charge in [0.15, 0.2) is 0 Å². The van der Waals surface area contributed by atoms with Crippen molar-refractivity contribution in [2.45, 2.75) is 45.1 Å². The number of hydrogen-bond acceptors (Lipinski definition) is 2. The highest BCUT2D eigenvalue weighted by Gasteiger charge is 2.17. The fourth-order valence-corrected chi connectivity index (χ4v) is 2.84. The summed E-state index contributed by atoms with van der Waals surface area (Å²) in [5.74, 6) is 1.12. The van der Waals surface area contributed by atoms with Crippen LogP contribution in [0.3, 0.4) is 0 Å². The highest BCUT2D eigenvalue weighted by atomic mass is 79.9. The molecule has 17 heavy (non-hydrogen) atoms. The average molecular weight is 298 g/mol. The molecule has 2 rings (SSSR count).